The lowest BCUT2D eigenvalue weighted by Crippen LogP contribution is -2.30. The van der Waals surface area contributed by atoms with E-state index in [0.717, 1.165) is 24.1 Å². The second-order valence-corrected chi connectivity index (χ2v) is 4.71. The first-order valence-electron chi connectivity index (χ1n) is 6.20. The van der Waals surface area contributed by atoms with Crippen molar-refractivity contribution in [1.29, 1.82) is 0 Å². The number of anilines is 1. The lowest BCUT2D eigenvalue weighted by Gasteiger charge is -2.29. The monoisotopic (exact) mass is 231 g/mol. The number of hydrogen-bond acceptors (Lipinski definition) is 2. The van der Waals surface area contributed by atoms with Crippen LogP contribution in [-0.2, 0) is 7.05 Å². The SMILES string of the molecule is Cn1c(=O)[nH]c2cccc(N3CCCCC3)c21. The number of imidazole rings is 1. The molecule has 17 heavy (non-hydrogen) atoms. The van der Waals surface area contributed by atoms with Gasteiger partial charge in [0.25, 0.3) is 0 Å². The van der Waals surface area contributed by atoms with Crippen LogP contribution < -0.4 is 10.6 Å². The van der Waals surface area contributed by atoms with Crippen LogP contribution in [0.5, 0.6) is 0 Å². The Kier molecular flexibility index (Phi) is 2.42. The van der Waals surface area contributed by atoms with E-state index in [4.69, 9.17) is 0 Å². The molecule has 1 N–H and O–H groups in total. The quantitative estimate of drug-likeness (QED) is 0.813. The zero-order chi connectivity index (χ0) is 11.8. The Bertz CT molecular complexity index is 590. The van der Waals surface area contributed by atoms with E-state index in [1.165, 1.54) is 24.9 Å². The van der Waals surface area contributed by atoms with Gasteiger partial charge in [0.1, 0.15) is 0 Å². The first kappa shape index (κ1) is 10.4. The van der Waals surface area contributed by atoms with Gasteiger partial charge in [0.05, 0.1) is 16.7 Å². The van der Waals surface area contributed by atoms with E-state index in [1.54, 1.807) is 4.57 Å². The third-order valence-corrected chi connectivity index (χ3v) is 3.59. The van der Waals surface area contributed by atoms with E-state index in [9.17, 15) is 4.79 Å². The van der Waals surface area contributed by atoms with Crippen molar-refractivity contribution in [3.8, 4) is 0 Å². The van der Waals surface area contributed by atoms with Gasteiger partial charge < -0.3 is 9.88 Å². The van der Waals surface area contributed by atoms with Gasteiger partial charge in [-0.05, 0) is 31.4 Å². The van der Waals surface area contributed by atoms with Gasteiger partial charge in [0.15, 0.2) is 0 Å². The van der Waals surface area contributed by atoms with Crippen LogP contribution in [0.1, 0.15) is 19.3 Å². The first-order chi connectivity index (χ1) is 8.27. The molecule has 2 aromatic rings. The average Bonchev–Trinajstić information content (AvgIpc) is 2.66. The van der Waals surface area contributed by atoms with Crippen LogP contribution >= 0.6 is 0 Å². The van der Waals surface area contributed by atoms with Crippen LogP contribution in [0.4, 0.5) is 5.69 Å². The number of rotatable bonds is 1. The van der Waals surface area contributed by atoms with Crippen molar-refractivity contribution in [2.24, 2.45) is 7.05 Å². The summed E-state index contributed by atoms with van der Waals surface area (Å²) in [5, 5.41) is 0. The van der Waals surface area contributed by atoms with Crippen LogP contribution in [-0.4, -0.2) is 22.6 Å². The summed E-state index contributed by atoms with van der Waals surface area (Å²) in [5.74, 6) is 0. The van der Waals surface area contributed by atoms with Gasteiger partial charge in [-0.1, -0.05) is 6.07 Å². The molecule has 0 saturated carbocycles. The van der Waals surface area contributed by atoms with Gasteiger partial charge in [-0.2, -0.15) is 0 Å². The highest BCUT2D eigenvalue weighted by atomic mass is 16.1. The van der Waals surface area contributed by atoms with Crippen molar-refractivity contribution in [2.75, 3.05) is 18.0 Å². The van der Waals surface area contributed by atoms with Crippen LogP contribution in [0.3, 0.4) is 0 Å². The summed E-state index contributed by atoms with van der Waals surface area (Å²) in [6.07, 6.45) is 3.81. The van der Waals surface area contributed by atoms with Crippen LogP contribution in [0.25, 0.3) is 11.0 Å². The molecular formula is C13H17N3O. The Hall–Kier alpha value is -1.71. The molecule has 90 valence electrons. The minimum atomic E-state index is -0.0375. The molecule has 0 spiro atoms. The Balaban J connectivity index is 2.18. The second kappa shape index (κ2) is 3.95. The molecule has 0 unspecified atom stereocenters. The van der Waals surface area contributed by atoms with Gasteiger partial charge in [-0.25, -0.2) is 4.79 Å². The third kappa shape index (κ3) is 1.64. The summed E-state index contributed by atoms with van der Waals surface area (Å²) in [4.78, 5) is 16.9. The highest BCUT2D eigenvalue weighted by molar-refractivity contribution is 5.89. The molecule has 3 rings (SSSR count). The fourth-order valence-corrected chi connectivity index (χ4v) is 2.68. The summed E-state index contributed by atoms with van der Waals surface area (Å²) >= 11 is 0. The predicted octanol–water partition coefficient (Wildman–Crippen LogP) is 1.86. The highest BCUT2D eigenvalue weighted by Gasteiger charge is 2.16. The number of aromatic nitrogens is 2. The largest absolute Gasteiger partial charge is 0.370 e. The third-order valence-electron chi connectivity index (χ3n) is 3.59. The van der Waals surface area contributed by atoms with Gasteiger partial charge in [-0.15, -0.1) is 0 Å². The minimum absolute atomic E-state index is 0.0375. The number of hydrogen-bond donors (Lipinski definition) is 1. The van der Waals surface area contributed by atoms with E-state index in [2.05, 4.69) is 16.0 Å². The van der Waals surface area contributed by atoms with Crippen LogP contribution in [0, 0.1) is 0 Å². The molecule has 1 saturated heterocycles. The molecule has 0 radical (unpaired) electrons. The number of nitrogens with zero attached hydrogens (tertiary/aromatic N) is 2. The summed E-state index contributed by atoms with van der Waals surface area (Å²) in [5.41, 5.74) is 3.10. The normalized spacial score (nSPS) is 16.6. The average molecular weight is 231 g/mol. The fraction of sp³-hybridized carbons (Fsp3) is 0.462. The lowest BCUT2D eigenvalue weighted by atomic mass is 10.1. The van der Waals surface area contributed by atoms with Crippen molar-refractivity contribution < 1.29 is 0 Å². The molecule has 1 fully saturated rings. The van der Waals surface area contributed by atoms with Crippen molar-refractivity contribution in [3.05, 3.63) is 28.7 Å². The van der Waals surface area contributed by atoms with Crippen molar-refractivity contribution in [1.82, 2.24) is 9.55 Å². The summed E-state index contributed by atoms with van der Waals surface area (Å²) in [7, 11) is 1.83. The zero-order valence-electron chi connectivity index (χ0n) is 10.1. The Morgan fingerprint density at radius 3 is 2.71 bits per heavy atom. The number of aryl methyl sites for hydroxylation is 1. The summed E-state index contributed by atoms with van der Waals surface area (Å²) in [6, 6.07) is 6.09. The van der Waals surface area contributed by atoms with Crippen LogP contribution in [0.15, 0.2) is 23.0 Å². The molecule has 2 heterocycles. The van der Waals surface area contributed by atoms with E-state index in [-0.39, 0.29) is 5.69 Å². The van der Waals surface area contributed by atoms with Gasteiger partial charge >= 0.3 is 5.69 Å². The van der Waals surface area contributed by atoms with Crippen LogP contribution in [0.2, 0.25) is 0 Å². The summed E-state index contributed by atoms with van der Waals surface area (Å²) in [6.45, 7) is 2.19. The van der Waals surface area contributed by atoms with Gasteiger partial charge in [-0.3, -0.25) is 4.57 Å². The standard InChI is InChI=1S/C13H17N3O/c1-15-12-10(14-13(15)17)6-5-7-11(12)16-8-3-2-4-9-16/h5-7H,2-4,8-9H2,1H3,(H,14,17). The maximum Gasteiger partial charge on any atom is 0.326 e. The highest BCUT2D eigenvalue weighted by Crippen LogP contribution is 2.26. The number of aromatic amines is 1. The maximum atomic E-state index is 11.7. The molecule has 0 bridgehead atoms. The smallest absolute Gasteiger partial charge is 0.326 e. The Labute approximate surface area is 99.9 Å². The fourth-order valence-electron chi connectivity index (χ4n) is 2.68. The van der Waals surface area contributed by atoms with Crippen molar-refractivity contribution in [3.63, 3.8) is 0 Å². The molecule has 1 aromatic heterocycles. The molecule has 4 heteroatoms. The molecule has 0 aliphatic carbocycles. The predicted molar refractivity (Wildman–Crippen MR) is 69.6 cm³/mol. The second-order valence-electron chi connectivity index (χ2n) is 4.71. The number of piperidine rings is 1. The molecule has 4 nitrogen and oxygen atoms in total. The van der Waals surface area contributed by atoms with Gasteiger partial charge in [0.2, 0.25) is 0 Å². The molecule has 1 aliphatic heterocycles. The topological polar surface area (TPSA) is 41.0 Å². The van der Waals surface area contributed by atoms with Crippen molar-refractivity contribution in [2.45, 2.75) is 19.3 Å². The minimum Gasteiger partial charge on any atom is -0.370 e. The van der Waals surface area contributed by atoms with E-state index < -0.39 is 0 Å². The van der Waals surface area contributed by atoms with Gasteiger partial charge in [0, 0.05) is 20.1 Å². The van der Waals surface area contributed by atoms with E-state index >= 15 is 0 Å². The van der Waals surface area contributed by atoms with E-state index in [1.807, 2.05) is 19.2 Å². The lowest BCUT2D eigenvalue weighted by molar-refractivity contribution is 0.578. The number of fused-ring (bicyclic) bond motifs is 1. The molecule has 0 amide bonds. The molecule has 1 aliphatic rings. The Morgan fingerprint density at radius 2 is 1.94 bits per heavy atom. The van der Waals surface area contributed by atoms with Crippen molar-refractivity contribution >= 4 is 16.7 Å². The zero-order valence-corrected chi connectivity index (χ0v) is 10.1. The number of benzene rings is 1. The number of H-pyrrole nitrogens is 1. The molecule has 1 aromatic carbocycles. The molecular weight excluding hydrogens is 214 g/mol. The maximum absolute atomic E-state index is 11.7. The Morgan fingerprint density at radius 1 is 1.18 bits per heavy atom. The van der Waals surface area contributed by atoms with E-state index in [0.29, 0.717) is 0 Å². The molecule has 0 atom stereocenters. The first-order valence-corrected chi connectivity index (χ1v) is 6.20. The number of para-hydroxylation sites is 1. The number of nitrogens with one attached hydrogen (secondary N) is 1. The summed E-state index contributed by atoms with van der Waals surface area (Å²) < 4.78 is 1.71.